The van der Waals surface area contributed by atoms with E-state index in [2.05, 4.69) is 14.5 Å². The number of benzene rings is 1. The van der Waals surface area contributed by atoms with Crippen LogP contribution in [0, 0.1) is 0 Å². The second kappa shape index (κ2) is 7.14. The molecule has 8 nitrogen and oxygen atoms in total. The average Bonchev–Trinajstić information content (AvgIpc) is 2.97. The van der Waals surface area contributed by atoms with Gasteiger partial charge in [-0.3, -0.25) is 0 Å². The molecule has 0 bridgehead atoms. The number of rotatable bonds is 5. The van der Waals surface area contributed by atoms with Crippen LogP contribution in [0.3, 0.4) is 0 Å². The molecule has 1 aromatic carbocycles. The standard InChI is InChI=1S/C16H17NO7/c1-22-14(19)8-4-5-11-9(6-8)10(7-12(18)15(20)23-2)13(17-11)16(21)24-3/h4-6,12,17-18H,7H2,1-3H3. The van der Waals surface area contributed by atoms with Crippen molar-refractivity contribution in [3.8, 4) is 0 Å². The van der Waals surface area contributed by atoms with E-state index >= 15 is 0 Å². The highest BCUT2D eigenvalue weighted by Crippen LogP contribution is 2.26. The first-order valence-corrected chi connectivity index (χ1v) is 7.00. The number of carbonyl (C=O) groups excluding carboxylic acids is 3. The first-order chi connectivity index (χ1) is 11.4. The third-order valence-electron chi connectivity index (χ3n) is 3.59. The van der Waals surface area contributed by atoms with Crippen molar-refractivity contribution in [2.45, 2.75) is 12.5 Å². The molecule has 0 aliphatic heterocycles. The minimum Gasteiger partial charge on any atom is -0.467 e. The number of aromatic nitrogens is 1. The van der Waals surface area contributed by atoms with Crippen molar-refractivity contribution in [2.75, 3.05) is 21.3 Å². The molecule has 0 saturated heterocycles. The SMILES string of the molecule is COC(=O)c1ccc2[nH]c(C(=O)OC)c(CC(O)C(=O)OC)c2c1. The quantitative estimate of drug-likeness (QED) is 0.614. The molecule has 1 unspecified atom stereocenters. The van der Waals surface area contributed by atoms with Crippen LogP contribution >= 0.6 is 0 Å². The molecule has 1 heterocycles. The number of aromatic amines is 1. The second-order valence-electron chi connectivity index (χ2n) is 4.97. The summed E-state index contributed by atoms with van der Waals surface area (Å²) in [6, 6.07) is 4.65. The van der Waals surface area contributed by atoms with Gasteiger partial charge in [-0.1, -0.05) is 0 Å². The predicted octanol–water partition coefficient (Wildman–Crippen LogP) is 0.818. The van der Waals surface area contributed by atoms with Crippen molar-refractivity contribution >= 4 is 28.8 Å². The smallest absolute Gasteiger partial charge is 0.354 e. The molecule has 0 radical (unpaired) electrons. The molecule has 2 N–H and O–H groups in total. The molecule has 0 aliphatic carbocycles. The average molecular weight is 335 g/mol. The fraction of sp³-hybridized carbons (Fsp3) is 0.312. The normalized spacial score (nSPS) is 11.8. The van der Waals surface area contributed by atoms with E-state index in [0.717, 1.165) is 7.11 Å². The molecule has 128 valence electrons. The number of esters is 3. The summed E-state index contributed by atoms with van der Waals surface area (Å²) in [5.41, 5.74) is 1.27. The number of hydrogen-bond acceptors (Lipinski definition) is 7. The number of aliphatic hydroxyl groups is 1. The van der Waals surface area contributed by atoms with Crippen LogP contribution in [0.1, 0.15) is 26.4 Å². The number of H-pyrrole nitrogens is 1. The number of nitrogens with one attached hydrogen (secondary N) is 1. The zero-order valence-corrected chi connectivity index (χ0v) is 13.4. The number of ether oxygens (including phenoxy) is 3. The van der Waals surface area contributed by atoms with Crippen molar-refractivity contribution in [1.82, 2.24) is 4.98 Å². The molecule has 2 aromatic rings. The third kappa shape index (κ3) is 3.23. The van der Waals surface area contributed by atoms with Gasteiger partial charge in [0.2, 0.25) is 0 Å². The fourth-order valence-corrected chi connectivity index (χ4v) is 2.39. The van der Waals surface area contributed by atoms with Gasteiger partial charge in [0.15, 0.2) is 6.10 Å². The van der Waals surface area contributed by atoms with Gasteiger partial charge < -0.3 is 24.3 Å². The Labute approximate surface area is 137 Å². The van der Waals surface area contributed by atoms with Crippen LogP contribution in [0.25, 0.3) is 10.9 Å². The summed E-state index contributed by atoms with van der Waals surface area (Å²) in [4.78, 5) is 38.0. The van der Waals surface area contributed by atoms with Gasteiger partial charge in [-0.2, -0.15) is 0 Å². The topological polar surface area (TPSA) is 115 Å². The lowest BCUT2D eigenvalue weighted by Crippen LogP contribution is -2.25. The second-order valence-corrected chi connectivity index (χ2v) is 4.97. The fourth-order valence-electron chi connectivity index (χ4n) is 2.39. The van der Waals surface area contributed by atoms with Gasteiger partial charge in [-0.25, -0.2) is 14.4 Å². The van der Waals surface area contributed by atoms with Crippen LogP contribution in [0.15, 0.2) is 18.2 Å². The Balaban J connectivity index is 2.59. The first-order valence-electron chi connectivity index (χ1n) is 7.00. The minimum absolute atomic E-state index is 0.0949. The van der Waals surface area contributed by atoms with Crippen LogP contribution in [0.2, 0.25) is 0 Å². The maximum absolute atomic E-state index is 12.0. The van der Waals surface area contributed by atoms with Gasteiger partial charge in [-0.15, -0.1) is 0 Å². The Kier molecular flexibility index (Phi) is 5.20. The number of fused-ring (bicyclic) bond motifs is 1. The van der Waals surface area contributed by atoms with Crippen molar-refractivity contribution in [3.05, 3.63) is 35.0 Å². The Morgan fingerprint density at radius 1 is 1.08 bits per heavy atom. The summed E-state index contributed by atoms with van der Waals surface area (Å²) in [5.74, 6) is -2.03. The summed E-state index contributed by atoms with van der Waals surface area (Å²) in [7, 11) is 3.62. The molecule has 0 spiro atoms. The lowest BCUT2D eigenvalue weighted by Gasteiger charge is -2.09. The molecule has 2 rings (SSSR count). The lowest BCUT2D eigenvalue weighted by molar-refractivity contribution is -0.150. The van der Waals surface area contributed by atoms with Gasteiger partial charge in [0, 0.05) is 17.3 Å². The zero-order chi connectivity index (χ0) is 17.9. The predicted molar refractivity (Wildman–Crippen MR) is 82.7 cm³/mol. The molecule has 24 heavy (non-hydrogen) atoms. The van der Waals surface area contributed by atoms with Crippen molar-refractivity contribution in [1.29, 1.82) is 0 Å². The zero-order valence-electron chi connectivity index (χ0n) is 13.4. The summed E-state index contributed by atoms with van der Waals surface area (Å²) >= 11 is 0. The Hall–Kier alpha value is -2.87. The lowest BCUT2D eigenvalue weighted by atomic mass is 10.0. The number of hydrogen-bond donors (Lipinski definition) is 2. The van der Waals surface area contributed by atoms with Crippen molar-refractivity contribution in [2.24, 2.45) is 0 Å². The van der Waals surface area contributed by atoms with Crippen LogP contribution in [-0.2, 0) is 25.4 Å². The molecule has 1 atom stereocenters. The Morgan fingerprint density at radius 2 is 1.75 bits per heavy atom. The van der Waals surface area contributed by atoms with Crippen LogP contribution < -0.4 is 0 Å². The monoisotopic (exact) mass is 335 g/mol. The van der Waals surface area contributed by atoms with Gasteiger partial charge in [0.25, 0.3) is 0 Å². The molecule has 0 aliphatic rings. The maximum atomic E-state index is 12.0. The van der Waals surface area contributed by atoms with E-state index in [1.807, 2.05) is 0 Å². The highest BCUT2D eigenvalue weighted by atomic mass is 16.5. The number of carbonyl (C=O) groups is 3. The largest absolute Gasteiger partial charge is 0.467 e. The summed E-state index contributed by atoms with van der Waals surface area (Å²) in [6.45, 7) is 0. The van der Waals surface area contributed by atoms with E-state index in [1.165, 1.54) is 26.4 Å². The molecular weight excluding hydrogens is 318 g/mol. The van der Waals surface area contributed by atoms with Gasteiger partial charge in [-0.05, 0) is 23.8 Å². The summed E-state index contributed by atoms with van der Waals surface area (Å²) in [5, 5.41) is 10.4. The minimum atomic E-state index is -1.46. The van der Waals surface area contributed by atoms with Crippen molar-refractivity contribution < 1.29 is 33.7 Å². The Bertz CT molecular complexity index is 793. The highest BCUT2D eigenvalue weighted by molar-refractivity contribution is 6.01. The van der Waals surface area contributed by atoms with E-state index in [-0.39, 0.29) is 17.7 Å². The third-order valence-corrected chi connectivity index (χ3v) is 3.59. The van der Waals surface area contributed by atoms with E-state index in [0.29, 0.717) is 16.5 Å². The maximum Gasteiger partial charge on any atom is 0.354 e. The highest BCUT2D eigenvalue weighted by Gasteiger charge is 2.25. The molecular formula is C16H17NO7. The summed E-state index contributed by atoms with van der Waals surface area (Å²) < 4.78 is 13.9. The number of methoxy groups -OCH3 is 3. The van der Waals surface area contributed by atoms with E-state index < -0.39 is 24.0 Å². The molecule has 0 fully saturated rings. The van der Waals surface area contributed by atoms with Crippen LogP contribution in [0.5, 0.6) is 0 Å². The molecule has 0 saturated carbocycles. The summed E-state index contributed by atoms with van der Waals surface area (Å²) in [6.07, 6.45) is -1.64. The molecule has 0 amide bonds. The van der Waals surface area contributed by atoms with Gasteiger partial charge >= 0.3 is 17.9 Å². The molecule has 8 heteroatoms. The van der Waals surface area contributed by atoms with Gasteiger partial charge in [0.05, 0.1) is 26.9 Å². The number of aliphatic hydroxyl groups excluding tert-OH is 1. The van der Waals surface area contributed by atoms with Crippen molar-refractivity contribution in [3.63, 3.8) is 0 Å². The first kappa shape index (κ1) is 17.5. The van der Waals surface area contributed by atoms with Crippen LogP contribution in [-0.4, -0.2) is 55.4 Å². The van der Waals surface area contributed by atoms with Crippen LogP contribution in [0.4, 0.5) is 0 Å². The molecule has 1 aromatic heterocycles. The van der Waals surface area contributed by atoms with E-state index in [9.17, 15) is 19.5 Å². The Morgan fingerprint density at radius 3 is 2.33 bits per heavy atom. The van der Waals surface area contributed by atoms with Gasteiger partial charge in [0.1, 0.15) is 5.69 Å². The van der Waals surface area contributed by atoms with E-state index in [1.54, 1.807) is 6.07 Å². The van der Waals surface area contributed by atoms with E-state index in [4.69, 9.17) is 4.74 Å².